The number of carbonyl (C=O) groups excluding carboxylic acids is 2. The van der Waals surface area contributed by atoms with Crippen molar-refractivity contribution in [1.29, 1.82) is 0 Å². The second kappa shape index (κ2) is 8.85. The van der Waals surface area contributed by atoms with Crippen molar-refractivity contribution >= 4 is 39.5 Å². The summed E-state index contributed by atoms with van der Waals surface area (Å²) in [5.41, 5.74) is 0.833. The van der Waals surface area contributed by atoms with E-state index in [1.807, 2.05) is 19.9 Å². The van der Waals surface area contributed by atoms with Gasteiger partial charge < -0.3 is 14.5 Å². The number of ether oxygens (including phenoxy) is 1. The Hall–Kier alpha value is -1.34. The summed E-state index contributed by atoms with van der Waals surface area (Å²) in [6.45, 7) is 6.73. The van der Waals surface area contributed by atoms with Gasteiger partial charge in [-0.3, -0.25) is 4.79 Å². The van der Waals surface area contributed by atoms with Crippen LogP contribution < -0.4 is 0 Å². The van der Waals surface area contributed by atoms with E-state index in [1.54, 1.807) is 15.9 Å². The lowest BCUT2D eigenvalue weighted by molar-refractivity contribution is -0.137. The van der Waals surface area contributed by atoms with Gasteiger partial charge in [0.2, 0.25) is 5.91 Å². The van der Waals surface area contributed by atoms with E-state index in [4.69, 9.17) is 16.3 Å². The summed E-state index contributed by atoms with van der Waals surface area (Å²) < 4.78 is 5.92. The summed E-state index contributed by atoms with van der Waals surface area (Å²) in [5.74, 6) is -0.0412. The number of rotatable bonds is 4. The molecule has 2 rings (SSSR count). The molecular weight excluding hydrogens is 410 g/mol. The largest absolute Gasteiger partial charge is 0.449 e. The molecule has 1 saturated heterocycles. The van der Waals surface area contributed by atoms with Gasteiger partial charge in [-0.2, -0.15) is 0 Å². The average Bonchev–Trinajstić information content (AvgIpc) is 2.52. The van der Waals surface area contributed by atoms with Crippen LogP contribution in [0.2, 0.25) is 5.15 Å². The minimum Gasteiger partial charge on any atom is -0.449 e. The van der Waals surface area contributed by atoms with Gasteiger partial charge in [0.1, 0.15) is 9.76 Å². The van der Waals surface area contributed by atoms with E-state index in [9.17, 15) is 9.59 Å². The van der Waals surface area contributed by atoms with Crippen molar-refractivity contribution in [2.75, 3.05) is 19.7 Å². The lowest BCUT2D eigenvalue weighted by Gasteiger charge is -2.45. The molecule has 1 fully saturated rings. The Morgan fingerprint density at radius 2 is 2.12 bits per heavy atom. The second-order valence-electron chi connectivity index (χ2n) is 6.21. The van der Waals surface area contributed by atoms with Gasteiger partial charge in [-0.1, -0.05) is 24.9 Å². The standard InChI is InChI=1S/C17H23BrClN3O3/c1-4-5-6-25-17(24)21-9-11(2)22(12(3)23)14(10-21)13-7-15(18)20-16(19)8-13/h7-8,11,14H,4-6,9-10H2,1-3H3. The average molecular weight is 433 g/mol. The van der Waals surface area contributed by atoms with Crippen LogP contribution in [0, 0.1) is 0 Å². The van der Waals surface area contributed by atoms with Crippen molar-refractivity contribution in [2.45, 2.75) is 45.7 Å². The number of carbonyl (C=O) groups is 2. The summed E-state index contributed by atoms with van der Waals surface area (Å²) in [5, 5.41) is 0.336. The number of pyridine rings is 1. The highest BCUT2D eigenvalue weighted by Gasteiger charge is 2.37. The van der Waals surface area contributed by atoms with Crippen molar-refractivity contribution in [3.63, 3.8) is 0 Å². The van der Waals surface area contributed by atoms with E-state index in [1.165, 1.54) is 6.92 Å². The lowest BCUT2D eigenvalue weighted by Crippen LogP contribution is -2.56. The van der Waals surface area contributed by atoms with Crippen LogP contribution in [-0.2, 0) is 9.53 Å². The van der Waals surface area contributed by atoms with E-state index in [0.29, 0.717) is 29.5 Å². The lowest BCUT2D eigenvalue weighted by atomic mass is 10.0. The van der Waals surface area contributed by atoms with Gasteiger partial charge in [-0.15, -0.1) is 0 Å². The Morgan fingerprint density at radius 3 is 2.72 bits per heavy atom. The molecule has 0 bridgehead atoms. The quantitative estimate of drug-likeness (QED) is 0.532. The molecule has 6 nitrogen and oxygen atoms in total. The van der Waals surface area contributed by atoms with Crippen LogP contribution in [0.5, 0.6) is 0 Å². The molecule has 0 spiro atoms. The fraction of sp³-hybridized carbons (Fsp3) is 0.588. The van der Waals surface area contributed by atoms with Crippen LogP contribution >= 0.6 is 27.5 Å². The number of nitrogens with zero attached hydrogens (tertiary/aromatic N) is 3. The van der Waals surface area contributed by atoms with Gasteiger partial charge in [0.05, 0.1) is 12.6 Å². The van der Waals surface area contributed by atoms with Crippen LogP contribution in [-0.4, -0.2) is 52.5 Å². The Balaban J connectivity index is 2.25. The fourth-order valence-electron chi connectivity index (χ4n) is 3.10. The molecule has 25 heavy (non-hydrogen) atoms. The maximum atomic E-state index is 12.4. The zero-order chi connectivity index (χ0) is 18.6. The Bertz CT molecular complexity index is 623. The number of hydrogen-bond donors (Lipinski definition) is 0. The molecule has 0 radical (unpaired) electrons. The van der Waals surface area contributed by atoms with E-state index < -0.39 is 0 Å². The first-order chi connectivity index (χ1) is 11.8. The normalized spacial score (nSPS) is 20.5. The third-order valence-corrected chi connectivity index (χ3v) is 4.80. The Kier molecular flexibility index (Phi) is 7.07. The van der Waals surface area contributed by atoms with Gasteiger partial charge >= 0.3 is 6.09 Å². The van der Waals surface area contributed by atoms with Gasteiger partial charge in [0, 0.05) is 26.1 Å². The first kappa shape index (κ1) is 20.0. The minimum atomic E-state index is -0.340. The van der Waals surface area contributed by atoms with Gasteiger partial charge in [0.15, 0.2) is 0 Å². The maximum Gasteiger partial charge on any atom is 0.409 e. The molecule has 1 aliphatic rings. The number of hydrogen-bond acceptors (Lipinski definition) is 4. The monoisotopic (exact) mass is 431 g/mol. The maximum absolute atomic E-state index is 12.4. The minimum absolute atomic E-state index is 0.0412. The highest BCUT2D eigenvalue weighted by molar-refractivity contribution is 9.10. The number of halogens is 2. The van der Waals surface area contributed by atoms with Crippen LogP contribution in [0.3, 0.4) is 0 Å². The first-order valence-corrected chi connectivity index (χ1v) is 9.54. The first-order valence-electron chi connectivity index (χ1n) is 8.37. The van der Waals surface area contributed by atoms with E-state index in [2.05, 4.69) is 20.9 Å². The summed E-state index contributed by atoms with van der Waals surface area (Å²) in [6, 6.07) is 3.13. The predicted octanol–water partition coefficient (Wildman–Crippen LogP) is 4.03. The van der Waals surface area contributed by atoms with E-state index >= 15 is 0 Å². The molecule has 2 unspecified atom stereocenters. The van der Waals surface area contributed by atoms with Crippen LogP contribution in [0.1, 0.15) is 45.2 Å². The van der Waals surface area contributed by atoms with E-state index in [-0.39, 0.29) is 24.1 Å². The topological polar surface area (TPSA) is 62.7 Å². The molecule has 0 saturated carbocycles. The van der Waals surface area contributed by atoms with Crippen molar-refractivity contribution in [2.24, 2.45) is 0 Å². The number of aromatic nitrogens is 1. The molecule has 2 heterocycles. The van der Waals surface area contributed by atoms with Crippen LogP contribution in [0.4, 0.5) is 4.79 Å². The third-order valence-electron chi connectivity index (χ3n) is 4.20. The summed E-state index contributed by atoms with van der Waals surface area (Å²) in [4.78, 5) is 32.1. The van der Waals surface area contributed by atoms with Crippen LogP contribution in [0.25, 0.3) is 0 Å². The molecule has 1 aliphatic heterocycles. The van der Waals surface area contributed by atoms with E-state index in [0.717, 1.165) is 18.4 Å². The third kappa shape index (κ3) is 5.07. The molecule has 8 heteroatoms. The SMILES string of the molecule is CCCCOC(=O)N1CC(C)N(C(C)=O)C(c2cc(Cl)nc(Br)c2)C1. The number of amides is 2. The fourth-order valence-corrected chi connectivity index (χ4v) is 3.88. The molecule has 138 valence electrons. The zero-order valence-corrected chi connectivity index (χ0v) is 17.0. The number of unbranched alkanes of at least 4 members (excludes halogenated alkanes) is 1. The molecule has 0 N–H and O–H groups in total. The Labute approximate surface area is 161 Å². The van der Waals surface area contributed by atoms with Gasteiger partial charge in [-0.25, -0.2) is 9.78 Å². The number of piperazine rings is 1. The highest BCUT2D eigenvalue weighted by Crippen LogP contribution is 2.31. The molecule has 1 aromatic heterocycles. The molecule has 0 aliphatic carbocycles. The predicted molar refractivity (Wildman–Crippen MR) is 99.5 cm³/mol. The summed E-state index contributed by atoms with van der Waals surface area (Å²) in [6.07, 6.45) is 1.46. The van der Waals surface area contributed by atoms with Gasteiger partial charge in [0.25, 0.3) is 0 Å². The summed E-state index contributed by atoms with van der Waals surface area (Å²) in [7, 11) is 0. The molecule has 1 aromatic rings. The van der Waals surface area contributed by atoms with Crippen molar-refractivity contribution in [3.8, 4) is 0 Å². The van der Waals surface area contributed by atoms with Crippen molar-refractivity contribution in [1.82, 2.24) is 14.8 Å². The second-order valence-corrected chi connectivity index (χ2v) is 7.41. The molecule has 2 amide bonds. The smallest absolute Gasteiger partial charge is 0.409 e. The van der Waals surface area contributed by atoms with Crippen molar-refractivity contribution in [3.05, 3.63) is 27.5 Å². The highest BCUT2D eigenvalue weighted by atomic mass is 79.9. The molecule has 0 aromatic carbocycles. The molecule has 2 atom stereocenters. The summed E-state index contributed by atoms with van der Waals surface area (Å²) >= 11 is 9.40. The van der Waals surface area contributed by atoms with Crippen molar-refractivity contribution < 1.29 is 14.3 Å². The van der Waals surface area contributed by atoms with Gasteiger partial charge in [-0.05, 0) is 47.0 Å². The zero-order valence-electron chi connectivity index (χ0n) is 14.7. The Morgan fingerprint density at radius 1 is 1.40 bits per heavy atom. The van der Waals surface area contributed by atoms with Crippen LogP contribution in [0.15, 0.2) is 16.7 Å². The molecular formula is C17H23BrClN3O3.